The van der Waals surface area contributed by atoms with Crippen LogP contribution >= 0.6 is 0 Å². The van der Waals surface area contributed by atoms with Gasteiger partial charge in [-0.25, -0.2) is 0 Å². The van der Waals surface area contributed by atoms with Crippen LogP contribution in [0.15, 0.2) is 54.7 Å². The molecule has 0 saturated heterocycles. The van der Waals surface area contributed by atoms with Crippen LogP contribution in [0.4, 0.5) is 0 Å². The number of hydrogen-bond donors (Lipinski definition) is 1. The molecule has 110 valence electrons. The molecule has 2 aromatic rings. The Morgan fingerprint density at radius 2 is 1.90 bits per heavy atom. The first kappa shape index (κ1) is 15.2. The van der Waals surface area contributed by atoms with E-state index in [0.29, 0.717) is 6.54 Å². The lowest BCUT2D eigenvalue weighted by atomic mass is 10.0. The molecular formula is C17H20N2O2. The largest absolute Gasteiger partial charge is 0.480 e. The minimum Gasteiger partial charge on any atom is -0.480 e. The molecular weight excluding hydrogens is 264 g/mol. The van der Waals surface area contributed by atoms with Crippen LogP contribution in [0.25, 0.3) is 0 Å². The smallest absolute Gasteiger partial charge is 0.317 e. The molecule has 0 aliphatic heterocycles. The summed E-state index contributed by atoms with van der Waals surface area (Å²) >= 11 is 0. The summed E-state index contributed by atoms with van der Waals surface area (Å²) in [6.45, 7) is 2.77. The summed E-state index contributed by atoms with van der Waals surface area (Å²) in [5.74, 6) is -0.819. The van der Waals surface area contributed by atoms with Crippen molar-refractivity contribution >= 4 is 5.97 Å². The van der Waals surface area contributed by atoms with Crippen molar-refractivity contribution < 1.29 is 9.90 Å². The second kappa shape index (κ2) is 7.55. The van der Waals surface area contributed by atoms with Crippen molar-refractivity contribution in [3.8, 4) is 0 Å². The number of carboxylic acids is 1. The van der Waals surface area contributed by atoms with Gasteiger partial charge in [-0.2, -0.15) is 0 Å². The van der Waals surface area contributed by atoms with Gasteiger partial charge in [0, 0.05) is 6.20 Å². The summed E-state index contributed by atoms with van der Waals surface area (Å²) in [5.41, 5.74) is 1.93. The second-order valence-electron chi connectivity index (χ2n) is 4.93. The molecule has 0 amide bonds. The van der Waals surface area contributed by atoms with Gasteiger partial charge in [0.25, 0.3) is 0 Å². The first-order valence-electron chi connectivity index (χ1n) is 7.14. The fourth-order valence-corrected chi connectivity index (χ4v) is 2.50. The molecule has 4 heteroatoms. The van der Waals surface area contributed by atoms with Gasteiger partial charge in [0.1, 0.15) is 0 Å². The highest BCUT2D eigenvalue weighted by atomic mass is 16.4. The van der Waals surface area contributed by atoms with Gasteiger partial charge in [0.05, 0.1) is 18.3 Å². The molecule has 0 spiro atoms. The Hall–Kier alpha value is -2.20. The highest BCUT2D eigenvalue weighted by molar-refractivity contribution is 5.69. The number of nitrogens with zero attached hydrogens (tertiary/aromatic N) is 2. The fourth-order valence-electron chi connectivity index (χ4n) is 2.50. The lowest BCUT2D eigenvalue weighted by Gasteiger charge is -2.30. The standard InChI is InChI=1S/C17H20N2O2/c1-2-12-19(13-16(20)21)17(14-8-4-3-5-9-14)15-10-6-7-11-18-15/h3-11,17H,2,12-13H2,1H3,(H,20,21). The quantitative estimate of drug-likeness (QED) is 0.849. The van der Waals surface area contributed by atoms with Crippen LogP contribution in [-0.4, -0.2) is 34.0 Å². The van der Waals surface area contributed by atoms with Crippen molar-refractivity contribution in [1.29, 1.82) is 0 Å². The number of aromatic nitrogens is 1. The molecule has 21 heavy (non-hydrogen) atoms. The van der Waals surface area contributed by atoms with Crippen LogP contribution < -0.4 is 0 Å². The Kier molecular flexibility index (Phi) is 5.46. The number of aliphatic carboxylic acids is 1. The van der Waals surface area contributed by atoms with Crippen LogP contribution in [0.3, 0.4) is 0 Å². The molecule has 1 heterocycles. The third-order valence-corrected chi connectivity index (χ3v) is 3.30. The van der Waals surface area contributed by atoms with Crippen molar-refractivity contribution in [2.24, 2.45) is 0 Å². The lowest BCUT2D eigenvalue weighted by Crippen LogP contribution is -2.35. The Morgan fingerprint density at radius 1 is 1.19 bits per heavy atom. The summed E-state index contributed by atoms with van der Waals surface area (Å²) in [4.78, 5) is 17.6. The summed E-state index contributed by atoms with van der Waals surface area (Å²) in [5, 5.41) is 9.19. The van der Waals surface area contributed by atoms with Crippen molar-refractivity contribution in [3.63, 3.8) is 0 Å². The van der Waals surface area contributed by atoms with Crippen molar-refractivity contribution in [1.82, 2.24) is 9.88 Å². The third kappa shape index (κ3) is 4.13. The van der Waals surface area contributed by atoms with E-state index in [0.717, 1.165) is 17.7 Å². The van der Waals surface area contributed by atoms with Crippen LogP contribution in [0.2, 0.25) is 0 Å². The Morgan fingerprint density at radius 3 is 2.48 bits per heavy atom. The Balaban J connectivity index is 2.41. The molecule has 1 atom stereocenters. The number of benzene rings is 1. The topological polar surface area (TPSA) is 53.4 Å². The van der Waals surface area contributed by atoms with Crippen LogP contribution in [0.5, 0.6) is 0 Å². The monoisotopic (exact) mass is 284 g/mol. The number of rotatable bonds is 7. The number of carboxylic acid groups (broad SMARTS) is 1. The Labute approximate surface area is 125 Å². The molecule has 2 rings (SSSR count). The maximum absolute atomic E-state index is 11.2. The van der Waals surface area contributed by atoms with Gasteiger partial charge >= 0.3 is 5.97 Å². The lowest BCUT2D eigenvalue weighted by molar-refractivity contribution is -0.138. The van der Waals surface area contributed by atoms with E-state index in [-0.39, 0.29) is 12.6 Å². The van der Waals surface area contributed by atoms with Crippen molar-refractivity contribution in [3.05, 3.63) is 66.0 Å². The van der Waals surface area contributed by atoms with Crippen LogP contribution in [0, 0.1) is 0 Å². The van der Waals surface area contributed by atoms with Crippen molar-refractivity contribution in [2.45, 2.75) is 19.4 Å². The van der Waals surface area contributed by atoms with Crippen molar-refractivity contribution in [2.75, 3.05) is 13.1 Å². The van der Waals surface area contributed by atoms with E-state index >= 15 is 0 Å². The van der Waals surface area contributed by atoms with Crippen LogP contribution in [0.1, 0.15) is 30.6 Å². The van der Waals surface area contributed by atoms with E-state index in [1.165, 1.54) is 0 Å². The molecule has 0 aliphatic carbocycles. The normalized spacial score (nSPS) is 12.3. The summed E-state index contributed by atoms with van der Waals surface area (Å²) in [7, 11) is 0. The zero-order chi connectivity index (χ0) is 15.1. The predicted molar refractivity (Wildman–Crippen MR) is 82.0 cm³/mol. The maximum Gasteiger partial charge on any atom is 0.317 e. The second-order valence-corrected chi connectivity index (χ2v) is 4.93. The minimum atomic E-state index is -0.819. The third-order valence-electron chi connectivity index (χ3n) is 3.30. The zero-order valence-electron chi connectivity index (χ0n) is 12.1. The van der Waals surface area contributed by atoms with E-state index in [2.05, 4.69) is 11.9 Å². The van der Waals surface area contributed by atoms with Crippen LogP contribution in [-0.2, 0) is 4.79 Å². The molecule has 4 nitrogen and oxygen atoms in total. The predicted octanol–water partition coefficient (Wildman–Crippen LogP) is 2.97. The van der Waals surface area contributed by atoms with Gasteiger partial charge in [-0.15, -0.1) is 0 Å². The molecule has 0 bridgehead atoms. The number of hydrogen-bond acceptors (Lipinski definition) is 3. The molecule has 0 fully saturated rings. The van der Waals surface area contributed by atoms with Gasteiger partial charge in [0.15, 0.2) is 0 Å². The first-order valence-corrected chi connectivity index (χ1v) is 7.14. The molecule has 1 aromatic heterocycles. The zero-order valence-corrected chi connectivity index (χ0v) is 12.1. The summed E-state index contributed by atoms with van der Waals surface area (Å²) < 4.78 is 0. The average molecular weight is 284 g/mol. The van der Waals surface area contributed by atoms with Gasteiger partial charge < -0.3 is 5.11 Å². The highest BCUT2D eigenvalue weighted by Crippen LogP contribution is 2.27. The molecule has 0 aliphatic rings. The molecule has 1 N–H and O–H groups in total. The maximum atomic E-state index is 11.2. The molecule has 1 unspecified atom stereocenters. The van der Waals surface area contributed by atoms with Gasteiger partial charge in [-0.1, -0.05) is 43.3 Å². The van der Waals surface area contributed by atoms with E-state index in [1.54, 1.807) is 6.20 Å². The van der Waals surface area contributed by atoms with E-state index in [1.807, 2.05) is 53.4 Å². The van der Waals surface area contributed by atoms with Gasteiger partial charge in [-0.3, -0.25) is 14.7 Å². The summed E-state index contributed by atoms with van der Waals surface area (Å²) in [6, 6.07) is 15.5. The minimum absolute atomic E-state index is 0.00394. The number of carbonyl (C=O) groups is 1. The SMILES string of the molecule is CCCN(CC(=O)O)C(c1ccccc1)c1ccccn1. The first-order chi connectivity index (χ1) is 10.2. The number of pyridine rings is 1. The van der Waals surface area contributed by atoms with Gasteiger partial charge in [0.2, 0.25) is 0 Å². The van der Waals surface area contributed by atoms with E-state index in [9.17, 15) is 9.90 Å². The van der Waals surface area contributed by atoms with E-state index in [4.69, 9.17) is 0 Å². The fraction of sp³-hybridized carbons (Fsp3) is 0.294. The van der Waals surface area contributed by atoms with Gasteiger partial charge in [-0.05, 0) is 30.7 Å². The average Bonchev–Trinajstić information content (AvgIpc) is 2.49. The Bertz CT molecular complexity index is 518. The molecule has 1 aromatic carbocycles. The molecule has 0 radical (unpaired) electrons. The van der Waals surface area contributed by atoms with E-state index < -0.39 is 5.97 Å². The molecule has 0 saturated carbocycles. The summed E-state index contributed by atoms with van der Waals surface area (Å²) in [6.07, 6.45) is 2.64. The highest BCUT2D eigenvalue weighted by Gasteiger charge is 2.24.